The number of rotatable bonds is 9. The maximum atomic E-state index is 14.4. The Morgan fingerprint density at radius 2 is 1.75 bits per heavy atom. The van der Waals surface area contributed by atoms with Crippen molar-refractivity contribution < 1.29 is 17.6 Å². The highest BCUT2D eigenvalue weighted by molar-refractivity contribution is 6.11. The standard InChI is InChI=1S/C31H33F4N5/c1-3-20-8-10-38-28(14-20)19(2)31(16-21-12-26(33)30(35)27(34)13-21)17-22(18-36)29(15-23(31)9-11-39-37)40-25-6-4-24(32)5-7-25/h4-8,10,12-15,18-19,39H,3,9,11,16-17,36-37H2,1-2H3. The van der Waals surface area contributed by atoms with E-state index in [0.29, 0.717) is 41.9 Å². The van der Waals surface area contributed by atoms with Crippen molar-refractivity contribution in [2.75, 3.05) is 6.54 Å². The average Bonchev–Trinajstić information content (AvgIpc) is 2.96. The van der Waals surface area contributed by atoms with Crippen molar-refractivity contribution in [2.24, 2.45) is 22.0 Å². The number of allylic oxidation sites excluding steroid dienone is 2. The van der Waals surface area contributed by atoms with Crippen LogP contribution in [0.4, 0.5) is 23.2 Å². The Morgan fingerprint density at radius 3 is 2.38 bits per heavy atom. The summed E-state index contributed by atoms with van der Waals surface area (Å²) in [6, 6.07) is 11.8. The lowest BCUT2D eigenvalue weighted by Crippen LogP contribution is -2.39. The van der Waals surface area contributed by atoms with E-state index in [-0.39, 0.29) is 18.2 Å². The lowest BCUT2D eigenvalue weighted by Gasteiger charge is -2.45. The number of benzene rings is 2. The Kier molecular flexibility index (Phi) is 9.17. The molecule has 5 N–H and O–H groups in total. The number of aryl methyl sites for hydroxylation is 1. The van der Waals surface area contributed by atoms with Crippen LogP contribution in [-0.4, -0.2) is 17.2 Å². The summed E-state index contributed by atoms with van der Waals surface area (Å²) in [5, 5.41) is 0. The minimum Gasteiger partial charge on any atom is -0.404 e. The second-order valence-electron chi connectivity index (χ2n) is 10.1. The van der Waals surface area contributed by atoms with E-state index in [4.69, 9.17) is 16.6 Å². The number of nitrogens with one attached hydrogen (secondary N) is 1. The number of hydrogen-bond acceptors (Lipinski definition) is 5. The van der Waals surface area contributed by atoms with Gasteiger partial charge in [0, 0.05) is 29.8 Å². The third kappa shape index (κ3) is 6.16. The molecule has 0 amide bonds. The summed E-state index contributed by atoms with van der Waals surface area (Å²) in [4.78, 5) is 9.40. The van der Waals surface area contributed by atoms with Gasteiger partial charge < -0.3 is 5.73 Å². The van der Waals surface area contributed by atoms with Crippen molar-refractivity contribution in [2.45, 2.75) is 45.4 Å². The van der Waals surface area contributed by atoms with Crippen molar-refractivity contribution >= 4 is 11.4 Å². The summed E-state index contributed by atoms with van der Waals surface area (Å²) < 4.78 is 56.1. The first-order chi connectivity index (χ1) is 19.2. The molecule has 5 nitrogen and oxygen atoms in total. The van der Waals surface area contributed by atoms with Crippen LogP contribution in [0.25, 0.3) is 0 Å². The van der Waals surface area contributed by atoms with E-state index in [0.717, 1.165) is 35.4 Å². The highest BCUT2D eigenvalue weighted by atomic mass is 19.2. The zero-order valence-electron chi connectivity index (χ0n) is 22.5. The molecule has 0 bridgehead atoms. The Labute approximate surface area is 231 Å². The van der Waals surface area contributed by atoms with Gasteiger partial charge in [-0.25, -0.2) is 22.6 Å². The molecule has 9 heteroatoms. The van der Waals surface area contributed by atoms with Crippen LogP contribution in [0.1, 0.15) is 49.4 Å². The molecule has 2 unspecified atom stereocenters. The molecule has 210 valence electrons. The van der Waals surface area contributed by atoms with E-state index in [1.165, 1.54) is 18.3 Å². The van der Waals surface area contributed by atoms with Gasteiger partial charge in [0.25, 0.3) is 0 Å². The Balaban J connectivity index is 1.93. The van der Waals surface area contributed by atoms with E-state index in [2.05, 4.69) is 17.3 Å². The van der Waals surface area contributed by atoms with Gasteiger partial charge in [-0.1, -0.05) is 19.4 Å². The largest absolute Gasteiger partial charge is 0.404 e. The van der Waals surface area contributed by atoms with Crippen LogP contribution in [0.15, 0.2) is 83.1 Å². The minimum absolute atomic E-state index is 0.178. The van der Waals surface area contributed by atoms with Crippen molar-refractivity contribution in [1.82, 2.24) is 10.4 Å². The molecule has 2 atom stereocenters. The fraction of sp³-hybridized carbons (Fsp3) is 0.290. The summed E-state index contributed by atoms with van der Waals surface area (Å²) in [6.07, 6.45) is 6.98. The fourth-order valence-corrected chi connectivity index (χ4v) is 5.45. The molecule has 0 spiro atoms. The smallest absolute Gasteiger partial charge is 0.194 e. The highest BCUT2D eigenvalue weighted by Crippen LogP contribution is 2.52. The first-order valence-corrected chi connectivity index (χ1v) is 13.2. The van der Waals surface area contributed by atoms with Crippen molar-refractivity contribution in [3.63, 3.8) is 0 Å². The third-order valence-corrected chi connectivity index (χ3v) is 7.69. The van der Waals surface area contributed by atoms with Crippen molar-refractivity contribution in [1.29, 1.82) is 0 Å². The van der Waals surface area contributed by atoms with Gasteiger partial charge in [0.15, 0.2) is 17.5 Å². The molecule has 1 aliphatic rings. The molecular weight excluding hydrogens is 518 g/mol. The maximum Gasteiger partial charge on any atom is 0.194 e. The number of hydrogen-bond donors (Lipinski definition) is 3. The van der Waals surface area contributed by atoms with Gasteiger partial charge in [-0.05, 0) is 103 Å². The number of halogens is 4. The first kappa shape index (κ1) is 29.2. The molecule has 4 rings (SSSR count). The van der Waals surface area contributed by atoms with E-state index in [9.17, 15) is 17.6 Å². The molecule has 0 radical (unpaired) electrons. The van der Waals surface area contributed by atoms with Crippen molar-refractivity contribution in [3.8, 4) is 0 Å². The lowest BCUT2D eigenvalue weighted by atomic mass is 9.59. The van der Waals surface area contributed by atoms with E-state index in [1.807, 2.05) is 25.1 Å². The number of pyridine rings is 1. The second kappa shape index (κ2) is 12.6. The molecule has 1 aromatic heterocycles. The van der Waals surface area contributed by atoms with Gasteiger partial charge in [-0.2, -0.15) is 0 Å². The lowest BCUT2D eigenvalue weighted by molar-refractivity contribution is 0.272. The predicted octanol–water partition coefficient (Wildman–Crippen LogP) is 6.33. The molecule has 0 saturated carbocycles. The van der Waals surface area contributed by atoms with Crippen LogP contribution in [-0.2, 0) is 12.8 Å². The normalized spacial score (nSPS) is 20.1. The van der Waals surface area contributed by atoms with Crippen LogP contribution in [0, 0.1) is 28.7 Å². The predicted molar refractivity (Wildman–Crippen MR) is 150 cm³/mol. The van der Waals surface area contributed by atoms with Gasteiger partial charge >= 0.3 is 0 Å². The van der Waals surface area contributed by atoms with Crippen LogP contribution < -0.4 is 17.0 Å². The van der Waals surface area contributed by atoms with E-state index in [1.54, 1.807) is 18.3 Å². The summed E-state index contributed by atoms with van der Waals surface area (Å²) >= 11 is 0. The summed E-state index contributed by atoms with van der Waals surface area (Å²) in [5.74, 6) is 1.04. The average molecular weight is 552 g/mol. The minimum atomic E-state index is -1.51. The van der Waals surface area contributed by atoms with Gasteiger partial charge in [-0.15, -0.1) is 0 Å². The molecular formula is C31H33F4N5. The highest BCUT2D eigenvalue weighted by Gasteiger charge is 2.44. The quantitative estimate of drug-likeness (QED) is 0.125. The van der Waals surface area contributed by atoms with E-state index < -0.39 is 22.9 Å². The zero-order valence-corrected chi connectivity index (χ0v) is 22.5. The van der Waals surface area contributed by atoms with Gasteiger partial charge in [0.05, 0.1) is 11.4 Å². The van der Waals surface area contributed by atoms with Gasteiger partial charge in [0.1, 0.15) is 5.82 Å². The van der Waals surface area contributed by atoms with Crippen LogP contribution in [0.3, 0.4) is 0 Å². The molecule has 0 saturated heterocycles. The van der Waals surface area contributed by atoms with E-state index >= 15 is 0 Å². The molecule has 0 aliphatic heterocycles. The first-order valence-electron chi connectivity index (χ1n) is 13.2. The molecule has 1 heterocycles. The number of nitrogens with zero attached hydrogens (tertiary/aromatic N) is 2. The Bertz CT molecular complexity index is 1430. The Morgan fingerprint density at radius 1 is 1.05 bits per heavy atom. The summed E-state index contributed by atoms with van der Waals surface area (Å²) in [7, 11) is 0. The maximum absolute atomic E-state index is 14.4. The topological polar surface area (TPSA) is 89.3 Å². The van der Waals surface area contributed by atoms with Crippen LogP contribution in [0.5, 0.6) is 0 Å². The number of hydrazine groups is 1. The zero-order chi connectivity index (χ0) is 28.9. The molecule has 40 heavy (non-hydrogen) atoms. The van der Waals surface area contributed by atoms with Crippen LogP contribution in [0.2, 0.25) is 0 Å². The van der Waals surface area contributed by atoms with Crippen molar-refractivity contribution in [3.05, 3.63) is 118 Å². The monoisotopic (exact) mass is 551 g/mol. The molecule has 3 aromatic rings. The summed E-state index contributed by atoms with van der Waals surface area (Å²) in [5.41, 5.74) is 13.0. The summed E-state index contributed by atoms with van der Waals surface area (Å²) in [6.45, 7) is 4.49. The fourth-order valence-electron chi connectivity index (χ4n) is 5.45. The Hall–Kier alpha value is -3.82. The van der Waals surface area contributed by atoms with Gasteiger partial charge in [0.2, 0.25) is 0 Å². The number of aliphatic imine (C=N–C) groups is 1. The molecule has 2 aromatic carbocycles. The van der Waals surface area contributed by atoms with Crippen LogP contribution >= 0.6 is 0 Å². The molecule has 1 aliphatic carbocycles. The molecule has 0 fully saturated rings. The number of nitrogens with two attached hydrogens (primary N) is 2. The SMILES string of the molecule is CCc1ccnc(C(C)C2(Cc3cc(F)c(F)c(F)c3)CC(=CN)C(=Nc3ccc(F)cc3)C=C2CCNN)c1. The third-order valence-electron chi connectivity index (χ3n) is 7.69. The second-order valence-corrected chi connectivity index (χ2v) is 10.1. The number of aromatic nitrogens is 1. The van der Waals surface area contributed by atoms with Gasteiger partial charge in [-0.3, -0.25) is 16.3 Å².